The molecule has 1 saturated carbocycles. The highest BCUT2D eigenvalue weighted by atomic mass is 16.5. The Labute approximate surface area is 125 Å². The predicted molar refractivity (Wildman–Crippen MR) is 83.3 cm³/mol. The molecular formula is C18H22N2O. The van der Waals surface area contributed by atoms with Crippen molar-refractivity contribution in [3.8, 4) is 0 Å². The van der Waals surface area contributed by atoms with Crippen LogP contribution in [0.25, 0.3) is 0 Å². The number of anilines is 1. The van der Waals surface area contributed by atoms with E-state index in [9.17, 15) is 0 Å². The third kappa shape index (κ3) is 1.69. The van der Waals surface area contributed by atoms with Gasteiger partial charge < -0.3 is 9.42 Å². The van der Waals surface area contributed by atoms with Crippen LogP contribution in [0.2, 0.25) is 0 Å². The summed E-state index contributed by atoms with van der Waals surface area (Å²) in [5.41, 5.74) is 3.99. The minimum Gasteiger partial charge on any atom is -0.358 e. The number of aromatic nitrogens is 1. The van der Waals surface area contributed by atoms with Crippen molar-refractivity contribution in [2.75, 3.05) is 4.90 Å². The monoisotopic (exact) mass is 282 g/mol. The van der Waals surface area contributed by atoms with Gasteiger partial charge in [-0.25, -0.2) is 0 Å². The van der Waals surface area contributed by atoms with Crippen molar-refractivity contribution in [1.82, 2.24) is 5.16 Å². The summed E-state index contributed by atoms with van der Waals surface area (Å²) >= 11 is 0. The average Bonchev–Trinajstić information content (AvgIpc) is 3.06. The van der Waals surface area contributed by atoms with Crippen molar-refractivity contribution in [3.63, 3.8) is 0 Å². The number of fused-ring (bicyclic) bond motifs is 2. The molecule has 0 radical (unpaired) electrons. The highest BCUT2D eigenvalue weighted by molar-refractivity contribution is 5.61. The number of benzene rings is 1. The smallest absolute Gasteiger partial charge is 0.167 e. The Balaban J connectivity index is 1.89. The second-order valence-electron chi connectivity index (χ2n) is 6.53. The Morgan fingerprint density at radius 1 is 1.19 bits per heavy atom. The van der Waals surface area contributed by atoms with E-state index in [-0.39, 0.29) is 5.54 Å². The highest BCUT2D eigenvalue weighted by Gasteiger charge is 2.52. The lowest BCUT2D eigenvalue weighted by atomic mass is 9.79. The van der Waals surface area contributed by atoms with E-state index < -0.39 is 0 Å². The molecule has 1 aliphatic heterocycles. The topological polar surface area (TPSA) is 29.3 Å². The fourth-order valence-electron chi connectivity index (χ4n) is 4.40. The Bertz CT molecular complexity index is 655. The standard InChI is InChI=1S/C18H22N2O/c1-13-8-4-5-9-16(13)20-14(2)15-12-19-21-17(15)18(20)10-6-3-7-11-18/h4-5,8-9,12,14H,3,6-7,10-11H2,1-2H3. The second-order valence-corrected chi connectivity index (χ2v) is 6.53. The van der Waals surface area contributed by atoms with Gasteiger partial charge in [-0.1, -0.05) is 42.6 Å². The van der Waals surface area contributed by atoms with E-state index in [2.05, 4.69) is 48.2 Å². The number of hydrogen-bond donors (Lipinski definition) is 0. The molecule has 1 aromatic heterocycles. The van der Waals surface area contributed by atoms with E-state index in [0.29, 0.717) is 6.04 Å². The largest absolute Gasteiger partial charge is 0.358 e. The van der Waals surface area contributed by atoms with Crippen molar-refractivity contribution >= 4 is 5.69 Å². The van der Waals surface area contributed by atoms with Crippen LogP contribution >= 0.6 is 0 Å². The summed E-state index contributed by atoms with van der Waals surface area (Å²) in [5.74, 6) is 1.12. The minimum absolute atomic E-state index is 0.0234. The van der Waals surface area contributed by atoms with Crippen LogP contribution < -0.4 is 4.90 Å². The van der Waals surface area contributed by atoms with E-state index in [1.54, 1.807) is 0 Å². The van der Waals surface area contributed by atoms with Gasteiger partial charge in [-0.2, -0.15) is 0 Å². The number of hydrogen-bond acceptors (Lipinski definition) is 3. The molecule has 3 heteroatoms. The molecular weight excluding hydrogens is 260 g/mol. The van der Waals surface area contributed by atoms with Gasteiger partial charge in [0.1, 0.15) is 5.54 Å². The molecule has 110 valence electrons. The lowest BCUT2D eigenvalue weighted by Gasteiger charge is -2.44. The van der Waals surface area contributed by atoms with Gasteiger partial charge in [0.2, 0.25) is 0 Å². The van der Waals surface area contributed by atoms with E-state index in [4.69, 9.17) is 4.52 Å². The summed E-state index contributed by atoms with van der Waals surface area (Å²) in [6, 6.07) is 9.06. The molecule has 4 rings (SSSR count). The first-order chi connectivity index (χ1) is 10.2. The Kier molecular flexibility index (Phi) is 2.84. The van der Waals surface area contributed by atoms with Gasteiger partial charge in [-0.05, 0) is 38.3 Å². The zero-order valence-corrected chi connectivity index (χ0v) is 12.8. The highest BCUT2D eigenvalue weighted by Crippen LogP contribution is 2.55. The fourth-order valence-corrected chi connectivity index (χ4v) is 4.40. The lowest BCUT2D eigenvalue weighted by molar-refractivity contribution is 0.221. The molecule has 3 nitrogen and oxygen atoms in total. The van der Waals surface area contributed by atoms with Crippen LogP contribution in [-0.4, -0.2) is 5.16 Å². The van der Waals surface area contributed by atoms with Crippen LogP contribution in [0, 0.1) is 6.92 Å². The fraction of sp³-hybridized carbons (Fsp3) is 0.500. The van der Waals surface area contributed by atoms with Gasteiger partial charge in [-0.15, -0.1) is 0 Å². The van der Waals surface area contributed by atoms with Crippen molar-refractivity contribution in [3.05, 3.63) is 47.3 Å². The normalized spacial score (nSPS) is 23.5. The molecule has 21 heavy (non-hydrogen) atoms. The number of rotatable bonds is 1. The summed E-state index contributed by atoms with van der Waals surface area (Å²) in [4.78, 5) is 2.61. The first kappa shape index (κ1) is 12.9. The predicted octanol–water partition coefficient (Wildman–Crippen LogP) is 4.72. The quantitative estimate of drug-likeness (QED) is 0.757. The molecule has 0 amide bonds. The van der Waals surface area contributed by atoms with E-state index >= 15 is 0 Å². The molecule has 2 heterocycles. The lowest BCUT2D eigenvalue weighted by Crippen LogP contribution is -2.44. The summed E-state index contributed by atoms with van der Waals surface area (Å²) in [7, 11) is 0. The van der Waals surface area contributed by atoms with Gasteiger partial charge in [0.05, 0.1) is 12.2 Å². The maximum absolute atomic E-state index is 5.74. The Morgan fingerprint density at radius 3 is 2.71 bits per heavy atom. The zero-order valence-electron chi connectivity index (χ0n) is 12.8. The molecule has 1 unspecified atom stereocenters. The van der Waals surface area contributed by atoms with Crippen LogP contribution in [0.15, 0.2) is 35.0 Å². The summed E-state index contributed by atoms with van der Waals surface area (Å²) in [6.45, 7) is 4.49. The molecule has 2 aliphatic rings. The number of aryl methyl sites for hydroxylation is 1. The molecule has 1 spiro atoms. The maximum atomic E-state index is 5.74. The van der Waals surface area contributed by atoms with Crippen LogP contribution in [0.1, 0.15) is 62.0 Å². The maximum Gasteiger partial charge on any atom is 0.167 e. The molecule has 1 atom stereocenters. The van der Waals surface area contributed by atoms with Crippen molar-refractivity contribution in [1.29, 1.82) is 0 Å². The first-order valence-electron chi connectivity index (χ1n) is 8.04. The van der Waals surface area contributed by atoms with Crippen LogP contribution in [0.4, 0.5) is 5.69 Å². The SMILES string of the molecule is Cc1ccccc1N1C(C)c2cnoc2C12CCCCC2. The average molecular weight is 282 g/mol. The minimum atomic E-state index is 0.0234. The van der Waals surface area contributed by atoms with Crippen LogP contribution in [0.3, 0.4) is 0 Å². The molecule has 0 N–H and O–H groups in total. The molecule has 0 saturated heterocycles. The van der Waals surface area contributed by atoms with Crippen LogP contribution in [0.5, 0.6) is 0 Å². The van der Waals surface area contributed by atoms with Gasteiger partial charge >= 0.3 is 0 Å². The summed E-state index contributed by atoms with van der Waals surface area (Å²) in [6.07, 6.45) is 8.15. The summed E-state index contributed by atoms with van der Waals surface area (Å²) in [5, 5.41) is 4.09. The molecule has 1 fully saturated rings. The van der Waals surface area contributed by atoms with Gasteiger partial charge in [0.15, 0.2) is 5.76 Å². The van der Waals surface area contributed by atoms with E-state index in [1.807, 2.05) is 6.20 Å². The summed E-state index contributed by atoms with van der Waals surface area (Å²) < 4.78 is 5.74. The Hall–Kier alpha value is -1.77. The van der Waals surface area contributed by atoms with Crippen LogP contribution in [-0.2, 0) is 5.54 Å². The van der Waals surface area contributed by atoms with Gasteiger partial charge in [-0.3, -0.25) is 0 Å². The second kappa shape index (κ2) is 4.62. The first-order valence-corrected chi connectivity index (χ1v) is 8.04. The number of nitrogens with zero attached hydrogens (tertiary/aromatic N) is 2. The van der Waals surface area contributed by atoms with E-state index in [0.717, 1.165) is 5.76 Å². The molecule has 1 aromatic carbocycles. The Morgan fingerprint density at radius 2 is 1.95 bits per heavy atom. The van der Waals surface area contributed by atoms with Crippen molar-refractivity contribution in [2.24, 2.45) is 0 Å². The zero-order chi connectivity index (χ0) is 14.4. The number of para-hydroxylation sites is 1. The van der Waals surface area contributed by atoms with Gasteiger partial charge in [0, 0.05) is 11.3 Å². The molecule has 0 bridgehead atoms. The molecule has 2 aromatic rings. The third-order valence-electron chi connectivity index (χ3n) is 5.37. The van der Waals surface area contributed by atoms with Crippen molar-refractivity contribution < 1.29 is 4.52 Å². The van der Waals surface area contributed by atoms with E-state index in [1.165, 1.54) is 48.9 Å². The van der Waals surface area contributed by atoms with Gasteiger partial charge in [0.25, 0.3) is 0 Å². The third-order valence-corrected chi connectivity index (χ3v) is 5.37. The molecule has 1 aliphatic carbocycles. The van der Waals surface area contributed by atoms with Crippen molar-refractivity contribution in [2.45, 2.75) is 57.5 Å².